The Morgan fingerprint density at radius 3 is 2.65 bits per heavy atom. The van der Waals surface area contributed by atoms with Crippen LogP contribution in [0.25, 0.3) is 16.9 Å². The minimum absolute atomic E-state index is 0.264. The molecule has 0 bridgehead atoms. The van der Waals surface area contributed by atoms with Gasteiger partial charge in [-0.2, -0.15) is 0 Å². The maximum atomic E-state index is 13.0. The molecule has 1 amide bonds. The summed E-state index contributed by atoms with van der Waals surface area (Å²) in [6, 6.07) is 13.7. The number of imidazole rings is 1. The van der Waals surface area contributed by atoms with E-state index in [2.05, 4.69) is 10.3 Å². The maximum Gasteiger partial charge on any atom is 0.272 e. The highest BCUT2D eigenvalue weighted by Gasteiger charge is 2.18. The van der Waals surface area contributed by atoms with E-state index in [0.29, 0.717) is 18.1 Å². The van der Waals surface area contributed by atoms with Gasteiger partial charge in [0.2, 0.25) is 0 Å². The van der Waals surface area contributed by atoms with Gasteiger partial charge in [0.15, 0.2) is 5.69 Å². The molecule has 0 aliphatic rings. The summed E-state index contributed by atoms with van der Waals surface area (Å²) in [6.07, 6.45) is 5.79. The number of nitrogens with zero attached hydrogens (tertiary/aromatic N) is 3. The molecule has 26 heavy (non-hydrogen) atoms. The molecular formula is C20H17FN4O. The van der Waals surface area contributed by atoms with Crippen molar-refractivity contribution in [3.8, 4) is 11.4 Å². The van der Waals surface area contributed by atoms with Gasteiger partial charge in [0, 0.05) is 37.7 Å². The van der Waals surface area contributed by atoms with E-state index in [1.807, 2.05) is 58.9 Å². The third kappa shape index (κ3) is 2.97. The molecule has 0 aliphatic carbocycles. The molecule has 4 aromatic rings. The minimum atomic E-state index is -0.298. The lowest BCUT2D eigenvalue weighted by Crippen LogP contribution is -2.23. The molecule has 0 atom stereocenters. The average Bonchev–Trinajstić information content (AvgIpc) is 3.24. The summed E-state index contributed by atoms with van der Waals surface area (Å²) >= 11 is 0. The summed E-state index contributed by atoms with van der Waals surface area (Å²) in [6.45, 7) is 0.311. The highest BCUT2D eigenvalue weighted by Crippen LogP contribution is 2.23. The smallest absolute Gasteiger partial charge is 0.272 e. The second kappa shape index (κ2) is 6.48. The fraction of sp³-hybridized carbons (Fsp3) is 0.100. The Hall–Kier alpha value is -3.41. The predicted molar refractivity (Wildman–Crippen MR) is 97.2 cm³/mol. The van der Waals surface area contributed by atoms with Gasteiger partial charge in [-0.1, -0.05) is 18.2 Å². The van der Waals surface area contributed by atoms with Gasteiger partial charge in [-0.05, 0) is 35.9 Å². The zero-order valence-corrected chi connectivity index (χ0v) is 14.2. The average molecular weight is 348 g/mol. The van der Waals surface area contributed by atoms with E-state index in [1.165, 1.54) is 12.1 Å². The standard InChI is InChI=1S/C20H17FN4O/c1-24-11-9-15(13-24)19-23-18(17-4-2-3-10-25(17)19)20(26)22-12-14-5-7-16(21)8-6-14/h2-11,13H,12H2,1H3,(H,22,26). The Bertz CT molecular complexity index is 1080. The van der Waals surface area contributed by atoms with Crippen molar-refractivity contribution >= 4 is 11.4 Å². The molecule has 0 spiro atoms. The predicted octanol–water partition coefficient (Wildman–Crippen LogP) is 3.41. The lowest BCUT2D eigenvalue weighted by molar-refractivity contribution is 0.0948. The lowest BCUT2D eigenvalue weighted by Gasteiger charge is -2.04. The van der Waals surface area contributed by atoms with Crippen LogP contribution in [-0.4, -0.2) is 19.9 Å². The van der Waals surface area contributed by atoms with E-state index in [4.69, 9.17) is 0 Å². The summed E-state index contributed by atoms with van der Waals surface area (Å²) < 4.78 is 16.8. The van der Waals surface area contributed by atoms with Crippen molar-refractivity contribution in [3.05, 3.63) is 84.2 Å². The molecule has 0 saturated heterocycles. The molecule has 3 heterocycles. The number of fused-ring (bicyclic) bond motifs is 1. The van der Waals surface area contributed by atoms with Crippen LogP contribution in [0.15, 0.2) is 67.1 Å². The van der Waals surface area contributed by atoms with Crippen molar-refractivity contribution in [2.75, 3.05) is 0 Å². The number of rotatable bonds is 4. The van der Waals surface area contributed by atoms with Gasteiger partial charge in [0.25, 0.3) is 5.91 Å². The molecule has 0 radical (unpaired) electrons. The first-order valence-electron chi connectivity index (χ1n) is 8.24. The van der Waals surface area contributed by atoms with Crippen LogP contribution in [-0.2, 0) is 13.6 Å². The van der Waals surface area contributed by atoms with Gasteiger partial charge in [-0.15, -0.1) is 0 Å². The summed E-state index contributed by atoms with van der Waals surface area (Å²) in [7, 11) is 1.94. The van der Waals surface area contributed by atoms with Crippen molar-refractivity contribution in [1.29, 1.82) is 0 Å². The first-order chi connectivity index (χ1) is 12.6. The molecule has 6 heteroatoms. The Morgan fingerprint density at radius 1 is 1.12 bits per heavy atom. The van der Waals surface area contributed by atoms with Gasteiger partial charge in [0.1, 0.15) is 11.6 Å². The van der Waals surface area contributed by atoms with Crippen LogP contribution in [0, 0.1) is 5.82 Å². The van der Waals surface area contributed by atoms with Crippen molar-refractivity contribution < 1.29 is 9.18 Å². The number of carbonyl (C=O) groups excluding carboxylic acids is 1. The summed E-state index contributed by atoms with van der Waals surface area (Å²) in [5.74, 6) is 0.154. The number of aryl methyl sites for hydroxylation is 1. The second-order valence-electron chi connectivity index (χ2n) is 6.11. The maximum absolute atomic E-state index is 13.0. The van der Waals surface area contributed by atoms with E-state index >= 15 is 0 Å². The molecule has 0 aliphatic heterocycles. The first-order valence-corrected chi connectivity index (χ1v) is 8.24. The zero-order valence-electron chi connectivity index (χ0n) is 14.2. The number of hydrogen-bond donors (Lipinski definition) is 1. The number of halogens is 1. The topological polar surface area (TPSA) is 51.3 Å². The van der Waals surface area contributed by atoms with Crippen molar-refractivity contribution in [2.45, 2.75) is 6.54 Å². The molecule has 0 saturated carbocycles. The molecule has 5 nitrogen and oxygen atoms in total. The minimum Gasteiger partial charge on any atom is -0.357 e. The Morgan fingerprint density at radius 2 is 1.92 bits per heavy atom. The fourth-order valence-corrected chi connectivity index (χ4v) is 2.91. The van der Waals surface area contributed by atoms with Gasteiger partial charge < -0.3 is 9.88 Å². The second-order valence-corrected chi connectivity index (χ2v) is 6.11. The van der Waals surface area contributed by atoms with Crippen molar-refractivity contribution in [2.24, 2.45) is 7.05 Å². The highest BCUT2D eigenvalue weighted by atomic mass is 19.1. The third-order valence-electron chi connectivity index (χ3n) is 4.22. The number of hydrogen-bond acceptors (Lipinski definition) is 2. The molecule has 0 unspecified atom stereocenters. The van der Waals surface area contributed by atoms with Crippen LogP contribution in [0.3, 0.4) is 0 Å². The molecule has 0 fully saturated rings. The number of nitrogens with one attached hydrogen (secondary N) is 1. The Labute approximate surface area is 149 Å². The van der Waals surface area contributed by atoms with Crippen LogP contribution in [0.2, 0.25) is 0 Å². The molecule has 4 rings (SSSR count). The van der Waals surface area contributed by atoms with Crippen LogP contribution >= 0.6 is 0 Å². The number of pyridine rings is 1. The van der Waals surface area contributed by atoms with Crippen LogP contribution in [0.5, 0.6) is 0 Å². The summed E-state index contributed by atoms with van der Waals surface area (Å²) in [4.78, 5) is 17.3. The largest absolute Gasteiger partial charge is 0.357 e. The van der Waals surface area contributed by atoms with Crippen LogP contribution in [0.4, 0.5) is 4.39 Å². The number of aromatic nitrogens is 3. The van der Waals surface area contributed by atoms with E-state index in [-0.39, 0.29) is 11.7 Å². The highest BCUT2D eigenvalue weighted by molar-refractivity contribution is 6.00. The molecule has 3 aromatic heterocycles. The number of carbonyl (C=O) groups is 1. The van der Waals surface area contributed by atoms with Crippen molar-refractivity contribution in [3.63, 3.8) is 0 Å². The first kappa shape index (κ1) is 16.1. The SMILES string of the molecule is Cn1ccc(-c2nc(C(=O)NCc3ccc(F)cc3)c3ccccn23)c1. The molecular weight excluding hydrogens is 331 g/mol. The zero-order chi connectivity index (χ0) is 18.1. The summed E-state index contributed by atoms with van der Waals surface area (Å²) in [5.41, 5.74) is 2.87. The third-order valence-corrected chi connectivity index (χ3v) is 4.22. The Balaban J connectivity index is 1.65. The monoisotopic (exact) mass is 348 g/mol. The number of amides is 1. The normalized spacial score (nSPS) is 11.0. The van der Waals surface area contributed by atoms with Crippen molar-refractivity contribution in [1.82, 2.24) is 19.3 Å². The molecule has 1 N–H and O–H groups in total. The molecule has 1 aromatic carbocycles. The van der Waals surface area contributed by atoms with Crippen LogP contribution in [0.1, 0.15) is 16.1 Å². The van der Waals surface area contributed by atoms with E-state index in [1.54, 1.807) is 12.1 Å². The van der Waals surface area contributed by atoms with Gasteiger partial charge >= 0.3 is 0 Å². The van der Waals surface area contributed by atoms with Gasteiger partial charge in [0.05, 0.1) is 5.52 Å². The summed E-state index contributed by atoms with van der Waals surface area (Å²) in [5, 5.41) is 2.85. The van der Waals surface area contributed by atoms with Gasteiger partial charge in [-0.3, -0.25) is 9.20 Å². The van der Waals surface area contributed by atoms with Crippen LogP contribution < -0.4 is 5.32 Å². The van der Waals surface area contributed by atoms with E-state index < -0.39 is 0 Å². The molecule has 130 valence electrons. The quantitative estimate of drug-likeness (QED) is 0.614. The van der Waals surface area contributed by atoms with E-state index in [9.17, 15) is 9.18 Å². The lowest BCUT2D eigenvalue weighted by atomic mass is 10.2. The van der Waals surface area contributed by atoms with Gasteiger partial charge in [-0.25, -0.2) is 9.37 Å². The Kier molecular flexibility index (Phi) is 4.01. The number of benzene rings is 1. The fourth-order valence-electron chi connectivity index (χ4n) is 2.91. The van der Waals surface area contributed by atoms with E-state index in [0.717, 1.165) is 16.6 Å².